The van der Waals surface area contributed by atoms with Crippen molar-refractivity contribution in [3.8, 4) is 33.6 Å². The quantitative estimate of drug-likeness (QED) is 0.169. The van der Waals surface area contributed by atoms with E-state index in [1.165, 1.54) is 16.5 Å². The maximum atomic E-state index is 6.22. The molecule has 4 aromatic carbocycles. The minimum absolute atomic E-state index is 0. The van der Waals surface area contributed by atoms with Crippen molar-refractivity contribution in [2.45, 2.75) is 13.8 Å². The van der Waals surface area contributed by atoms with Crippen LogP contribution in [0.5, 0.6) is 0 Å². The SMILES string of the molecule is Cc1cnc(-c2[c-]ccc3c2oc2ccccc23)cc1-c1ccc2ncccc2c1C.[Ir].[c-]1ccccc1-c1ccccn1. The van der Waals surface area contributed by atoms with Crippen LogP contribution in [0.2, 0.25) is 0 Å². The van der Waals surface area contributed by atoms with Gasteiger partial charge in [0, 0.05) is 49.5 Å². The third-order valence-corrected chi connectivity index (χ3v) is 7.69. The van der Waals surface area contributed by atoms with E-state index in [9.17, 15) is 0 Å². The molecule has 215 valence electrons. The Kier molecular flexibility index (Phi) is 8.42. The Labute approximate surface area is 269 Å². The fourth-order valence-electron chi connectivity index (χ4n) is 5.50. The zero-order valence-corrected chi connectivity index (χ0v) is 26.6. The van der Waals surface area contributed by atoms with Crippen molar-refractivity contribution in [2.24, 2.45) is 0 Å². The third-order valence-electron chi connectivity index (χ3n) is 7.69. The minimum Gasteiger partial charge on any atom is -0.501 e. The summed E-state index contributed by atoms with van der Waals surface area (Å²) in [7, 11) is 0. The van der Waals surface area contributed by atoms with Crippen molar-refractivity contribution in [3.05, 3.63) is 151 Å². The number of para-hydroxylation sites is 1. The van der Waals surface area contributed by atoms with E-state index in [1.54, 1.807) is 6.20 Å². The van der Waals surface area contributed by atoms with Gasteiger partial charge in [0.05, 0.1) is 11.1 Å². The van der Waals surface area contributed by atoms with Gasteiger partial charge in [0.2, 0.25) is 0 Å². The molecule has 0 aliphatic heterocycles. The van der Waals surface area contributed by atoms with E-state index < -0.39 is 0 Å². The van der Waals surface area contributed by atoms with Gasteiger partial charge in [-0.2, -0.15) is 0 Å². The van der Waals surface area contributed by atoms with Crippen LogP contribution >= 0.6 is 0 Å². The van der Waals surface area contributed by atoms with Gasteiger partial charge in [0.1, 0.15) is 5.58 Å². The van der Waals surface area contributed by atoms with Crippen molar-refractivity contribution in [1.82, 2.24) is 15.0 Å². The van der Waals surface area contributed by atoms with Crippen LogP contribution in [-0.4, -0.2) is 15.0 Å². The van der Waals surface area contributed by atoms with E-state index in [0.717, 1.165) is 61.1 Å². The summed E-state index contributed by atoms with van der Waals surface area (Å²) in [6.45, 7) is 4.26. The van der Waals surface area contributed by atoms with Gasteiger partial charge in [-0.1, -0.05) is 59.5 Å². The van der Waals surface area contributed by atoms with Crippen LogP contribution in [0.1, 0.15) is 11.1 Å². The molecule has 8 aromatic rings. The molecule has 0 amide bonds. The first-order valence-corrected chi connectivity index (χ1v) is 14.2. The molecule has 0 unspecified atom stereocenters. The second-order valence-corrected chi connectivity index (χ2v) is 10.4. The molecular weight excluding hydrogens is 719 g/mol. The third kappa shape index (κ3) is 5.56. The fraction of sp³-hybridized carbons (Fsp3) is 0.0513. The predicted molar refractivity (Wildman–Crippen MR) is 175 cm³/mol. The molecule has 4 aromatic heterocycles. The number of aryl methyl sites for hydroxylation is 2. The normalized spacial score (nSPS) is 10.8. The van der Waals surface area contributed by atoms with Crippen molar-refractivity contribution in [1.29, 1.82) is 0 Å². The van der Waals surface area contributed by atoms with Gasteiger partial charge in [-0.25, -0.2) is 0 Å². The Morgan fingerprint density at radius 2 is 1.43 bits per heavy atom. The molecular formula is C39H27IrN3O-2. The Hall–Kier alpha value is -4.96. The van der Waals surface area contributed by atoms with Gasteiger partial charge >= 0.3 is 0 Å². The number of aromatic nitrogens is 3. The van der Waals surface area contributed by atoms with Gasteiger partial charge in [0.25, 0.3) is 0 Å². The van der Waals surface area contributed by atoms with Gasteiger partial charge < -0.3 is 14.4 Å². The molecule has 0 bridgehead atoms. The number of nitrogens with zero attached hydrogens (tertiary/aromatic N) is 3. The smallest absolute Gasteiger partial charge is 0.120 e. The van der Waals surface area contributed by atoms with Gasteiger partial charge in [-0.3, -0.25) is 4.98 Å². The summed E-state index contributed by atoms with van der Waals surface area (Å²) in [5.41, 5.74) is 11.2. The van der Waals surface area contributed by atoms with E-state index in [2.05, 4.69) is 72.3 Å². The fourth-order valence-corrected chi connectivity index (χ4v) is 5.50. The van der Waals surface area contributed by atoms with E-state index in [-0.39, 0.29) is 20.1 Å². The molecule has 0 spiro atoms. The zero-order chi connectivity index (χ0) is 29.2. The molecule has 0 saturated heterocycles. The molecule has 5 heteroatoms. The number of rotatable bonds is 3. The topological polar surface area (TPSA) is 51.8 Å². The summed E-state index contributed by atoms with van der Waals surface area (Å²) in [6, 6.07) is 42.8. The molecule has 0 fully saturated rings. The molecule has 0 atom stereocenters. The van der Waals surface area contributed by atoms with E-state index >= 15 is 0 Å². The van der Waals surface area contributed by atoms with Crippen molar-refractivity contribution in [2.75, 3.05) is 0 Å². The van der Waals surface area contributed by atoms with E-state index in [1.807, 2.05) is 85.2 Å². The van der Waals surface area contributed by atoms with Crippen molar-refractivity contribution >= 4 is 32.8 Å². The van der Waals surface area contributed by atoms with Crippen LogP contribution in [0.4, 0.5) is 0 Å². The number of benzene rings is 4. The average Bonchev–Trinajstić information content (AvgIpc) is 3.46. The Bertz CT molecular complexity index is 2170. The van der Waals surface area contributed by atoms with Gasteiger partial charge in [-0.05, 0) is 71.8 Å². The molecule has 1 radical (unpaired) electrons. The van der Waals surface area contributed by atoms with Crippen LogP contribution in [0, 0.1) is 26.0 Å². The summed E-state index contributed by atoms with van der Waals surface area (Å²) < 4.78 is 6.22. The molecule has 8 rings (SSSR count). The second kappa shape index (κ2) is 12.7. The Morgan fingerprint density at radius 1 is 0.614 bits per heavy atom. The first-order valence-electron chi connectivity index (χ1n) is 14.2. The summed E-state index contributed by atoms with van der Waals surface area (Å²) in [5.74, 6) is 0. The standard InChI is InChI=1S/C28H19N2O.C11H8N.Ir/c1-17-16-30-26(15-24(17)19-12-13-25-20(18(19)2)10-6-14-29-25)23-9-5-8-22-21-7-3-4-11-27(21)31-28(22)23;1-2-6-10(7-3-1)11-8-4-5-9-12-11;/h3-8,10-16H,1-2H3;1-6,8-9H;/q2*-1;. The number of hydrogen-bond acceptors (Lipinski definition) is 4. The molecule has 0 aliphatic rings. The van der Waals surface area contributed by atoms with Gasteiger partial charge in [-0.15, -0.1) is 54.1 Å². The maximum Gasteiger partial charge on any atom is 0.120 e. The van der Waals surface area contributed by atoms with Crippen molar-refractivity contribution < 1.29 is 24.5 Å². The first-order chi connectivity index (χ1) is 21.2. The molecule has 4 nitrogen and oxygen atoms in total. The van der Waals surface area contributed by atoms with Crippen LogP contribution < -0.4 is 0 Å². The average molecular weight is 746 g/mol. The summed E-state index contributed by atoms with van der Waals surface area (Å²) in [6.07, 6.45) is 5.56. The largest absolute Gasteiger partial charge is 0.501 e. The number of furan rings is 1. The van der Waals surface area contributed by atoms with Crippen LogP contribution in [0.15, 0.2) is 132 Å². The number of pyridine rings is 3. The monoisotopic (exact) mass is 746 g/mol. The summed E-state index contributed by atoms with van der Waals surface area (Å²) in [4.78, 5) is 13.5. The first kappa shape index (κ1) is 29.1. The Balaban J connectivity index is 0.000000222. The number of hydrogen-bond donors (Lipinski definition) is 0. The zero-order valence-electron chi connectivity index (χ0n) is 24.2. The van der Waals surface area contributed by atoms with Crippen LogP contribution in [0.25, 0.3) is 66.5 Å². The van der Waals surface area contributed by atoms with E-state index in [4.69, 9.17) is 9.40 Å². The molecule has 0 N–H and O–H groups in total. The van der Waals surface area contributed by atoms with E-state index in [0.29, 0.717) is 0 Å². The molecule has 0 saturated carbocycles. The minimum atomic E-state index is 0. The van der Waals surface area contributed by atoms with Crippen LogP contribution in [-0.2, 0) is 20.1 Å². The summed E-state index contributed by atoms with van der Waals surface area (Å²) in [5, 5.41) is 3.36. The molecule has 0 aliphatic carbocycles. The number of fused-ring (bicyclic) bond motifs is 4. The molecule has 44 heavy (non-hydrogen) atoms. The Morgan fingerprint density at radius 3 is 2.27 bits per heavy atom. The maximum absolute atomic E-state index is 6.22. The predicted octanol–water partition coefficient (Wildman–Crippen LogP) is 9.83. The molecule has 4 heterocycles. The summed E-state index contributed by atoms with van der Waals surface area (Å²) >= 11 is 0. The second-order valence-electron chi connectivity index (χ2n) is 10.4. The van der Waals surface area contributed by atoms with Crippen molar-refractivity contribution in [3.63, 3.8) is 0 Å². The van der Waals surface area contributed by atoms with Crippen LogP contribution in [0.3, 0.4) is 0 Å². The van der Waals surface area contributed by atoms with Gasteiger partial charge in [0.15, 0.2) is 0 Å².